The molecule has 0 aliphatic rings. The molecule has 4 unspecified atom stereocenters. The first-order valence-corrected chi connectivity index (χ1v) is 10.3. The topological polar surface area (TPSA) is 228 Å². The third kappa shape index (κ3) is 10.4. The highest BCUT2D eigenvalue weighted by atomic mass is 32.2. The summed E-state index contributed by atoms with van der Waals surface area (Å²) in [7, 11) is 0. The van der Waals surface area contributed by atoms with Gasteiger partial charge < -0.3 is 42.1 Å². The SMILES string of the molecule is CSCCC(N)C(=O)NC(CO)C(=O)NC(CCC(=O)O)C(=O)NC(CO)C(=O)O. The number of carboxylic acids is 2. The summed E-state index contributed by atoms with van der Waals surface area (Å²) >= 11 is 1.47. The molecule has 0 spiro atoms. The number of hydrogen-bond acceptors (Lipinski definition) is 9. The number of nitrogens with two attached hydrogens (primary N) is 1. The number of rotatable bonds is 15. The van der Waals surface area contributed by atoms with E-state index in [2.05, 4.69) is 10.6 Å². The monoisotopic (exact) mass is 452 g/mol. The second kappa shape index (κ2) is 14.5. The quantitative estimate of drug-likeness (QED) is 0.121. The number of aliphatic hydroxyl groups is 2. The van der Waals surface area contributed by atoms with E-state index in [0.29, 0.717) is 12.2 Å². The van der Waals surface area contributed by atoms with E-state index in [0.717, 1.165) is 0 Å². The zero-order valence-electron chi connectivity index (χ0n) is 16.4. The maximum atomic E-state index is 12.4. The molecule has 0 aliphatic carbocycles. The Morgan fingerprint density at radius 2 is 1.33 bits per heavy atom. The molecule has 14 heteroatoms. The number of carbonyl (C=O) groups is 5. The van der Waals surface area contributed by atoms with Gasteiger partial charge in [0.05, 0.1) is 19.3 Å². The molecule has 0 fully saturated rings. The molecule has 0 aliphatic heterocycles. The predicted octanol–water partition coefficient (Wildman–Crippen LogP) is -3.54. The predicted molar refractivity (Wildman–Crippen MR) is 105 cm³/mol. The third-order valence-electron chi connectivity index (χ3n) is 3.86. The molecule has 4 atom stereocenters. The number of carbonyl (C=O) groups excluding carboxylic acids is 3. The molecule has 0 aromatic rings. The molecule has 0 bridgehead atoms. The van der Waals surface area contributed by atoms with Crippen molar-refractivity contribution in [2.75, 3.05) is 25.2 Å². The van der Waals surface area contributed by atoms with Crippen molar-refractivity contribution in [1.29, 1.82) is 0 Å². The summed E-state index contributed by atoms with van der Waals surface area (Å²) in [6, 6.07) is -5.54. The molecule has 0 aromatic carbocycles. The summed E-state index contributed by atoms with van der Waals surface area (Å²) in [5, 5.41) is 42.5. The van der Waals surface area contributed by atoms with Crippen LogP contribution in [0, 0.1) is 0 Å². The van der Waals surface area contributed by atoms with E-state index in [-0.39, 0.29) is 0 Å². The average molecular weight is 452 g/mol. The second-order valence-corrected chi connectivity index (χ2v) is 7.19. The number of carboxylic acid groups (broad SMARTS) is 2. The summed E-state index contributed by atoms with van der Waals surface area (Å²) in [6.45, 7) is -1.75. The highest BCUT2D eigenvalue weighted by molar-refractivity contribution is 7.98. The molecule has 9 N–H and O–H groups in total. The van der Waals surface area contributed by atoms with Crippen molar-refractivity contribution in [2.45, 2.75) is 43.4 Å². The zero-order chi connectivity index (χ0) is 23.3. The van der Waals surface area contributed by atoms with E-state index in [4.69, 9.17) is 21.1 Å². The second-order valence-electron chi connectivity index (χ2n) is 6.21. The molecule has 0 saturated carbocycles. The number of aliphatic hydroxyl groups excluding tert-OH is 2. The maximum absolute atomic E-state index is 12.4. The third-order valence-corrected chi connectivity index (χ3v) is 4.51. The average Bonchev–Trinajstić information content (AvgIpc) is 2.70. The van der Waals surface area contributed by atoms with Gasteiger partial charge in [0.15, 0.2) is 0 Å². The van der Waals surface area contributed by atoms with E-state index >= 15 is 0 Å². The Hall–Kier alpha value is -2.42. The molecular weight excluding hydrogens is 424 g/mol. The van der Waals surface area contributed by atoms with Crippen LogP contribution in [0.25, 0.3) is 0 Å². The van der Waals surface area contributed by atoms with Gasteiger partial charge in [-0.2, -0.15) is 11.8 Å². The Balaban J connectivity index is 5.17. The van der Waals surface area contributed by atoms with Crippen molar-refractivity contribution in [3.8, 4) is 0 Å². The summed E-state index contributed by atoms with van der Waals surface area (Å²) in [5.41, 5.74) is 5.69. The van der Waals surface area contributed by atoms with Crippen molar-refractivity contribution in [3.63, 3.8) is 0 Å². The van der Waals surface area contributed by atoms with Gasteiger partial charge in [0.25, 0.3) is 0 Å². The lowest BCUT2D eigenvalue weighted by atomic mass is 10.1. The molecule has 0 aromatic heterocycles. The van der Waals surface area contributed by atoms with Crippen molar-refractivity contribution < 1.29 is 44.4 Å². The van der Waals surface area contributed by atoms with Gasteiger partial charge in [0.2, 0.25) is 17.7 Å². The van der Waals surface area contributed by atoms with Crippen LogP contribution in [0.15, 0.2) is 0 Å². The van der Waals surface area contributed by atoms with Crippen molar-refractivity contribution >= 4 is 41.4 Å². The molecule has 0 rings (SSSR count). The van der Waals surface area contributed by atoms with Crippen molar-refractivity contribution in [3.05, 3.63) is 0 Å². The van der Waals surface area contributed by atoms with Gasteiger partial charge in [-0.25, -0.2) is 4.79 Å². The molecular formula is C16H28N4O9S. The summed E-state index contributed by atoms with van der Waals surface area (Å²) < 4.78 is 0. The summed E-state index contributed by atoms with van der Waals surface area (Å²) in [5.74, 6) is -4.96. The Labute approximate surface area is 176 Å². The van der Waals surface area contributed by atoms with Crippen LogP contribution in [0.3, 0.4) is 0 Å². The van der Waals surface area contributed by atoms with Gasteiger partial charge in [0.1, 0.15) is 18.1 Å². The molecule has 0 saturated heterocycles. The summed E-state index contributed by atoms with van der Waals surface area (Å²) in [4.78, 5) is 58.4. The number of hydrogen-bond donors (Lipinski definition) is 8. The Bertz CT molecular complexity index is 620. The van der Waals surface area contributed by atoms with E-state index in [1.165, 1.54) is 11.8 Å². The largest absolute Gasteiger partial charge is 0.481 e. The lowest BCUT2D eigenvalue weighted by Gasteiger charge is -2.23. The highest BCUT2D eigenvalue weighted by Gasteiger charge is 2.30. The number of thioether (sulfide) groups is 1. The van der Waals surface area contributed by atoms with Crippen LogP contribution in [-0.2, 0) is 24.0 Å². The number of aliphatic carboxylic acids is 2. The van der Waals surface area contributed by atoms with Crippen LogP contribution in [-0.4, -0.2) is 99.5 Å². The minimum Gasteiger partial charge on any atom is -0.481 e. The Morgan fingerprint density at radius 1 is 0.833 bits per heavy atom. The fourth-order valence-electron chi connectivity index (χ4n) is 2.12. The van der Waals surface area contributed by atoms with E-state index in [1.807, 2.05) is 11.6 Å². The van der Waals surface area contributed by atoms with Gasteiger partial charge in [-0.05, 0) is 24.9 Å². The van der Waals surface area contributed by atoms with Gasteiger partial charge in [-0.15, -0.1) is 0 Å². The molecule has 0 heterocycles. The normalized spacial score (nSPS) is 14.7. The Kier molecular flexibility index (Phi) is 13.4. The van der Waals surface area contributed by atoms with Crippen LogP contribution >= 0.6 is 11.8 Å². The lowest BCUT2D eigenvalue weighted by molar-refractivity contribution is -0.144. The van der Waals surface area contributed by atoms with Crippen molar-refractivity contribution in [2.24, 2.45) is 5.73 Å². The molecule has 172 valence electrons. The maximum Gasteiger partial charge on any atom is 0.328 e. The lowest BCUT2D eigenvalue weighted by Crippen LogP contribution is -2.58. The molecule has 13 nitrogen and oxygen atoms in total. The fourth-order valence-corrected chi connectivity index (χ4v) is 2.61. The highest BCUT2D eigenvalue weighted by Crippen LogP contribution is 2.02. The summed E-state index contributed by atoms with van der Waals surface area (Å²) in [6.07, 6.45) is 1.21. The smallest absolute Gasteiger partial charge is 0.328 e. The first kappa shape index (κ1) is 27.6. The Morgan fingerprint density at radius 3 is 1.80 bits per heavy atom. The van der Waals surface area contributed by atoms with Crippen LogP contribution in [0.5, 0.6) is 0 Å². The standard InChI is InChI=1S/C16H28N4O9S/c1-30-5-4-8(17)13(25)19-10(6-21)15(27)18-9(2-3-12(23)24)14(26)20-11(7-22)16(28)29/h8-11,21-22H,2-7,17H2,1H3,(H,18,27)(H,19,25)(H,20,26)(H,23,24)(H,28,29). The van der Waals surface area contributed by atoms with Gasteiger partial charge >= 0.3 is 11.9 Å². The van der Waals surface area contributed by atoms with Crippen LogP contribution in [0.4, 0.5) is 0 Å². The van der Waals surface area contributed by atoms with Gasteiger partial charge in [0, 0.05) is 6.42 Å². The van der Waals surface area contributed by atoms with Crippen LogP contribution < -0.4 is 21.7 Å². The van der Waals surface area contributed by atoms with E-state index in [1.54, 1.807) is 0 Å². The van der Waals surface area contributed by atoms with Crippen LogP contribution in [0.1, 0.15) is 19.3 Å². The van der Waals surface area contributed by atoms with Gasteiger partial charge in [-0.3, -0.25) is 19.2 Å². The molecule has 3 amide bonds. The minimum atomic E-state index is -1.66. The first-order chi connectivity index (χ1) is 14.1. The fraction of sp³-hybridized carbons (Fsp3) is 0.688. The molecule has 30 heavy (non-hydrogen) atoms. The van der Waals surface area contributed by atoms with Crippen LogP contribution in [0.2, 0.25) is 0 Å². The van der Waals surface area contributed by atoms with E-state index < -0.39 is 79.9 Å². The minimum absolute atomic E-state index is 0.328. The van der Waals surface area contributed by atoms with E-state index in [9.17, 15) is 29.1 Å². The number of nitrogens with one attached hydrogen (secondary N) is 3. The molecule has 0 radical (unpaired) electrons. The number of amides is 3. The van der Waals surface area contributed by atoms with Crippen molar-refractivity contribution in [1.82, 2.24) is 16.0 Å². The first-order valence-electron chi connectivity index (χ1n) is 8.89. The zero-order valence-corrected chi connectivity index (χ0v) is 17.2. The van der Waals surface area contributed by atoms with Gasteiger partial charge in [-0.1, -0.05) is 0 Å².